The minimum Gasteiger partial charge on any atom is -0.468 e. The first-order chi connectivity index (χ1) is 24.6. The van der Waals surface area contributed by atoms with Crippen molar-refractivity contribution in [2.75, 3.05) is 51.6 Å². The summed E-state index contributed by atoms with van der Waals surface area (Å²) in [6.07, 6.45) is 9.52. The molecule has 262 valence electrons. The van der Waals surface area contributed by atoms with E-state index in [1.165, 1.54) is 12.0 Å². The summed E-state index contributed by atoms with van der Waals surface area (Å²) >= 11 is 6.55. The molecule has 2 aromatic carbocycles. The van der Waals surface area contributed by atoms with E-state index in [0.29, 0.717) is 57.0 Å². The SMILES string of the molecule is C#Cc1c(Cl)ccc2cc(OCOC)cc(-c3ncc4c(N5C[C@H]6CC[C@@H](C5)N6C(=O)O)nc(OCC56CC(=C)CN5CC(=C)C6)nc4c3F)c12. The number of nitrogens with zero attached hydrogens (tertiary/aromatic N) is 6. The molecule has 51 heavy (non-hydrogen) atoms. The lowest BCUT2D eigenvalue weighted by atomic mass is 9.92. The van der Waals surface area contributed by atoms with Crippen molar-refractivity contribution in [1.82, 2.24) is 24.8 Å². The van der Waals surface area contributed by atoms with Crippen LogP contribution in [0.3, 0.4) is 0 Å². The van der Waals surface area contributed by atoms with Gasteiger partial charge in [0.05, 0.1) is 33.6 Å². The number of rotatable bonds is 8. The van der Waals surface area contributed by atoms with Gasteiger partial charge in [0.2, 0.25) is 0 Å². The lowest BCUT2D eigenvalue weighted by molar-refractivity contribution is 0.0512. The molecule has 0 spiro atoms. The van der Waals surface area contributed by atoms with Gasteiger partial charge in [0.25, 0.3) is 0 Å². The van der Waals surface area contributed by atoms with Crippen LogP contribution in [0.5, 0.6) is 11.8 Å². The van der Waals surface area contributed by atoms with E-state index in [2.05, 4.69) is 33.9 Å². The van der Waals surface area contributed by atoms with Gasteiger partial charge in [0, 0.05) is 50.4 Å². The Morgan fingerprint density at radius 1 is 1.14 bits per heavy atom. The number of amides is 1. The minimum absolute atomic E-state index is 0.00896. The molecule has 0 saturated carbocycles. The Morgan fingerprint density at radius 3 is 2.53 bits per heavy atom. The summed E-state index contributed by atoms with van der Waals surface area (Å²) < 4.78 is 34.5. The van der Waals surface area contributed by atoms with Crippen LogP contribution in [-0.2, 0) is 4.74 Å². The number of benzene rings is 2. The number of piperazine rings is 1. The van der Waals surface area contributed by atoms with Gasteiger partial charge < -0.3 is 24.2 Å². The molecule has 6 heterocycles. The highest BCUT2D eigenvalue weighted by molar-refractivity contribution is 6.33. The van der Waals surface area contributed by atoms with Gasteiger partial charge >= 0.3 is 12.1 Å². The average molecular weight is 711 g/mol. The van der Waals surface area contributed by atoms with Gasteiger partial charge in [-0.3, -0.25) is 14.8 Å². The minimum atomic E-state index is -0.938. The van der Waals surface area contributed by atoms with Crippen molar-refractivity contribution < 1.29 is 28.5 Å². The third kappa shape index (κ3) is 5.60. The quantitative estimate of drug-likeness (QED) is 0.128. The summed E-state index contributed by atoms with van der Waals surface area (Å²) in [4.78, 5) is 32.1. The number of aromatic nitrogens is 3. The van der Waals surface area contributed by atoms with E-state index in [4.69, 9.17) is 37.2 Å². The lowest BCUT2D eigenvalue weighted by Crippen LogP contribution is -2.55. The molecule has 4 saturated heterocycles. The van der Waals surface area contributed by atoms with E-state index in [9.17, 15) is 9.90 Å². The van der Waals surface area contributed by atoms with E-state index in [-0.39, 0.29) is 48.2 Å². The zero-order valence-electron chi connectivity index (χ0n) is 28.1. The maximum absolute atomic E-state index is 17.2. The fourth-order valence-electron chi connectivity index (χ4n) is 8.51. The van der Waals surface area contributed by atoms with Crippen LogP contribution < -0.4 is 14.4 Å². The van der Waals surface area contributed by atoms with E-state index in [1.807, 2.05) is 4.90 Å². The zero-order valence-corrected chi connectivity index (χ0v) is 28.9. The first-order valence-electron chi connectivity index (χ1n) is 16.8. The number of pyridine rings is 1. The number of carboxylic acid groups (broad SMARTS) is 1. The van der Waals surface area contributed by atoms with Crippen LogP contribution in [0, 0.1) is 18.2 Å². The summed E-state index contributed by atoms with van der Waals surface area (Å²) in [6.45, 7) is 11.0. The largest absolute Gasteiger partial charge is 0.468 e. The Hall–Kier alpha value is -4.96. The van der Waals surface area contributed by atoms with Crippen LogP contribution in [0.2, 0.25) is 5.02 Å². The van der Waals surface area contributed by atoms with Crippen molar-refractivity contribution in [3.8, 4) is 35.4 Å². The normalized spacial score (nSPS) is 21.1. The van der Waals surface area contributed by atoms with Crippen LogP contribution in [0.15, 0.2) is 54.8 Å². The van der Waals surface area contributed by atoms with Crippen molar-refractivity contribution >= 4 is 45.2 Å². The number of terminal acetylenes is 1. The van der Waals surface area contributed by atoms with Gasteiger partial charge in [-0.25, -0.2) is 9.18 Å². The zero-order chi connectivity index (χ0) is 35.6. The van der Waals surface area contributed by atoms with E-state index < -0.39 is 11.9 Å². The second kappa shape index (κ2) is 12.7. The van der Waals surface area contributed by atoms with Crippen LogP contribution in [0.25, 0.3) is 32.9 Å². The molecule has 2 bridgehead atoms. The Balaban J connectivity index is 1.28. The van der Waals surface area contributed by atoms with Gasteiger partial charge in [0.1, 0.15) is 29.4 Å². The number of ether oxygens (including phenoxy) is 3. The highest BCUT2D eigenvalue weighted by Gasteiger charge is 2.48. The second-order valence-electron chi connectivity index (χ2n) is 13.9. The molecule has 0 unspecified atom stereocenters. The molecule has 0 radical (unpaired) electrons. The van der Waals surface area contributed by atoms with E-state index in [0.717, 1.165) is 49.9 Å². The van der Waals surface area contributed by atoms with Gasteiger partial charge in [0.15, 0.2) is 12.6 Å². The molecule has 0 aliphatic carbocycles. The molecule has 4 aliphatic rings. The van der Waals surface area contributed by atoms with Crippen molar-refractivity contribution in [2.24, 2.45) is 0 Å². The monoisotopic (exact) mass is 710 g/mol. The molecule has 1 amide bonds. The van der Waals surface area contributed by atoms with E-state index >= 15 is 4.39 Å². The lowest BCUT2D eigenvalue weighted by Gasteiger charge is -2.40. The molecule has 2 aromatic heterocycles. The number of carbonyl (C=O) groups is 1. The molecular formula is C38H36ClFN6O5. The smallest absolute Gasteiger partial charge is 0.407 e. The molecule has 2 atom stereocenters. The number of fused-ring (bicyclic) bond motifs is 5. The predicted molar refractivity (Wildman–Crippen MR) is 192 cm³/mol. The van der Waals surface area contributed by atoms with Crippen LogP contribution in [-0.4, -0.2) is 100 Å². The standard InChI is InChI=1S/C38H36ClFN6O5/c1-5-27-30(39)9-6-23-10-26(51-20-49-4)11-28(31(23)27)33-32(40)34-29(14-41-33)35(44-17-24-7-8-25(18-44)46(24)37(47)48)43-36(42-34)50-19-38-12-21(2)15-45(38)16-22(3)13-38/h1,6,9-11,14,24-25H,2-3,7-8,12-13,15-20H2,4H3,(H,47,48)/t24-,25+. The van der Waals surface area contributed by atoms with Gasteiger partial charge in [-0.1, -0.05) is 47.9 Å². The summed E-state index contributed by atoms with van der Waals surface area (Å²) in [5.74, 6) is 2.81. The third-order valence-electron chi connectivity index (χ3n) is 10.6. The van der Waals surface area contributed by atoms with Crippen molar-refractivity contribution in [3.63, 3.8) is 0 Å². The summed E-state index contributed by atoms with van der Waals surface area (Å²) in [5.41, 5.74) is 2.67. The highest BCUT2D eigenvalue weighted by Crippen LogP contribution is 2.44. The van der Waals surface area contributed by atoms with Crippen LogP contribution >= 0.6 is 11.6 Å². The first kappa shape index (κ1) is 33.2. The molecule has 11 nitrogen and oxygen atoms in total. The second-order valence-corrected chi connectivity index (χ2v) is 14.3. The number of halogens is 2. The van der Waals surface area contributed by atoms with Gasteiger partial charge in [-0.05, 0) is 49.3 Å². The Morgan fingerprint density at radius 2 is 1.86 bits per heavy atom. The molecule has 4 aromatic rings. The van der Waals surface area contributed by atoms with E-state index in [1.54, 1.807) is 30.5 Å². The molecular weight excluding hydrogens is 675 g/mol. The Labute approximate surface area is 299 Å². The molecule has 1 N–H and O–H groups in total. The van der Waals surface area contributed by atoms with Crippen molar-refractivity contribution in [1.29, 1.82) is 0 Å². The molecule has 13 heteroatoms. The molecule has 4 aliphatic heterocycles. The third-order valence-corrected chi connectivity index (χ3v) is 10.9. The number of anilines is 1. The maximum Gasteiger partial charge on any atom is 0.407 e. The van der Waals surface area contributed by atoms with Gasteiger partial charge in [-0.2, -0.15) is 9.97 Å². The maximum atomic E-state index is 17.2. The molecule has 8 rings (SSSR count). The average Bonchev–Trinajstić information content (AvgIpc) is 3.68. The summed E-state index contributed by atoms with van der Waals surface area (Å²) in [6, 6.07) is 6.49. The Kier molecular flexibility index (Phi) is 8.25. The highest BCUT2D eigenvalue weighted by atomic mass is 35.5. The number of methoxy groups -OCH3 is 1. The van der Waals surface area contributed by atoms with Crippen molar-refractivity contribution in [2.45, 2.75) is 43.3 Å². The van der Waals surface area contributed by atoms with Gasteiger partial charge in [-0.15, -0.1) is 6.42 Å². The predicted octanol–water partition coefficient (Wildman–Crippen LogP) is 6.27. The van der Waals surface area contributed by atoms with Crippen LogP contribution in [0.4, 0.5) is 15.0 Å². The fraction of sp³-hybridized carbons (Fsp3) is 0.368. The van der Waals surface area contributed by atoms with Crippen molar-refractivity contribution in [3.05, 3.63) is 71.2 Å². The topological polar surface area (TPSA) is 113 Å². The fourth-order valence-corrected chi connectivity index (χ4v) is 8.72. The first-order valence-corrected chi connectivity index (χ1v) is 17.2. The van der Waals surface area contributed by atoms with Crippen LogP contribution in [0.1, 0.15) is 31.2 Å². The number of hydrogen-bond donors (Lipinski definition) is 1. The molecule has 4 fully saturated rings. The summed E-state index contributed by atoms with van der Waals surface area (Å²) in [5, 5.41) is 11.8. The number of hydrogen-bond acceptors (Lipinski definition) is 9. The Bertz CT molecular complexity index is 2150. The summed E-state index contributed by atoms with van der Waals surface area (Å²) in [7, 11) is 1.51.